The van der Waals surface area contributed by atoms with Crippen molar-refractivity contribution in [3.05, 3.63) is 35.0 Å². The number of benzene rings is 1. The Kier molecular flexibility index (Phi) is 19.0. The fourth-order valence-electron chi connectivity index (χ4n) is 2.76. The molecule has 0 aromatic heterocycles. The van der Waals surface area contributed by atoms with Crippen LogP contribution in [-0.4, -0.2) is 13.0 Å². The zero-order chi connectivity index (χ0) is 18.3. The second-order valence-electron chi connectivity index (χ2n) is 5.99. The number of unbranched alkanes of at least 4 members (excludes halogenated alkanes) is 9. The quantitative estimate of drug-likeness (QED) is 0.250. The Balaban J connectivity index is 0. The molecule has 0 atom stereocenters. The molecule has 0 bridgehead atoms. The van der Waals surface area contributed by atoms with Gasteiger partial charge in [-0.15, -0.1) is 0 Å². The van der Waals surface area contributed by atoms with Gasteiger partial charge in [-0.1, -0.05) is 82.9 Å². The van der Waals surface area contributed by atoms with Gasteiger partial charge in [0.05, 0.1) is 4.90 Å². The average molecular weight is 382 g/mol. The van der Waals surface area contributed by atoms with E-state index in [0.717, 1.165) is 12.8 Å². The summed E-state index contributed by atoms with van der Waals surface area (Å²) in [6.45, 7) is 2.23. The molecule has 0 saturated carbocycles. The van der Waals surface area contributed by atoms with Gasteiger partial charge in [-0.3, -0.25) is 0 Å². The molecule has 0 saturated heterocycles. The molecule has 0 radical (unpaired) electrons. The Morgan fingerprint density at radius 2 is 1.28 bits per heavy atom. The third-order valence-corrected chi connectivity index (χ3v) is 4.98. The van der Waals surface area contributed by atoms with E-state index < -0.39 is 10.1 Å². The van der Waals surface area contributed by atoms with Crippen molar-refractivity contribution >= 4 is 10.1 Å². The van der Waals surface area contributed by atoms with Gasteiger partial charge in [0.1, 0.15) is 10.1 Å². The maximum Gasteiger partial charge on any atom is 1.00 e. The average Bonchev–Trinajstić information content (AvgIpc) is 2.58. The Labute approximate surface area is 175 Å². The monoisotopic (exact) mass is 381 g/mol. The van der Waals surface area contributed by atoms with Gasteiger partial charge in [0.25, 0.3) is 0 Å². The first kappa shape index (κ1) is 27.3. The van der Waals surface area contributed by atoms with Crippen LogP contribution in [-0.2, 0) is 16.5 Å². The molecule has 25 heavy (non-hydrogen) atoms. The van der Waals surface area contributed by atoms with E-state index >= 15 is 0 Å². The van der Waals surface area contributed by atoms with E-state index in [2.05, 4.69) is 6.92 Å². The second-order valence-corrected chi connectivity index (χ2v) is 7.34. The Morgan fingerprint density at radius 1 is 0.840 bits per heavy atom. The summed E-state index contributed by atoms with van der Waals surface area (Å²) in [4.78, 5) is -0.0501. The molecule has 0 aliphatic carbocycles. The predicted octanol–water partition coefficient (Wildman–Crippen LogP) is 0.784. The summed E-state index contributed by atoms with van der Waals surface area (Å²) < 4.78 is 33.5. The minimum Gasteiger partial charge on any atom is -0.744 e. The largest absolute Gasteiger partial charge is 1.00 e. The first-order chi connectivity index (χ1) is 11.6. The third kappa shape index (κ3) is 13.9. The van der Waals surface area contributed by atoms with Crippen LogP contribution in [0.1, 0.15) is 76.7 Å². The van der Waals surface area contributed by atoms with E-state index in [-0.39, 0.29) is 34.5 Å². The normalized spacial score (nSPS) is 10.6. The summed E-state index contributed by atoms with van der Waals surface area (Å²) in [6, 6.07) is 6.56. The summed E-state index contributed by atoms with van der Waals surface area (Å²) >= 11 is 0. The maximum atomic E-state index is 11.2. The van der Waals surface area contributed by atoms with Gasteiger partial charge < -0.3 is 15.7 Å². The van der Waals surface area contributed by atoms with Crippen LogP contribution in [0.25, 0.3) is 0 Å². The van der Waals surface area contributed by atoms with Crippen molar-refractivity contribution in [2.24, 2.45) is 0 Å². The van der Waals surface area contributed by atoms with E-state index in [9.17, 15) is 13.0 Å². The SMILES string of the molecule is CCCCCCCCCCCCc1ccccc1S(=O)(=O)[O-].[NH3+][O-].[Na+]. The van der Waals surface area contributed by atoms with Crippen LogP contribution in [0.3, 0.4) is 0 Å². The standard InChI is InChI=1S/C18H30O3S.H3NO.Na/c1-2-3-4-5-6-7-8-9-10-11-14-17-15-12-13-16-18(17)22(19,20)21;1-2;/h12-13,15-16H,2-11,14H2,1H3,(H,19,20,21);1H3;/q;;+1/p-1. The maximum absolute atomic E-state index is 11.2. The van der Waals surface area contributed by atoms with Crippen molar-refractivity contribution in [2.75, 3.05) is 0 Å². The summed E-state index contributed by atoms with van der Waals surface area (Å²) in [6.07, 6.45) is 13.2. The number of rotatable bonds is 12. The van der Waals surface area contributed by atoms with Crippen LogP contribution in [0.5, 0.6) is 0 Å². The molecule has 1 aromatic rings. The summed E-state index contributed by atoms with van der Waals surface area (Å²) in [5.41, 5.74) is 0.664. The summed E-state index contributed by atoms with van der Waals surface area (Å²) in [5, 5.41) is 8.00. The van der Waals surface area contributed by atoms with E-state index in [1.165, 1.54) is 57.4 Å². The molecule has 0 fully saturated rings. The number of hydrogen-bond donors (Lipinski definition) is 1. The van der Waals surface area contributed by atoms with Crippen molar-refractivity contribution in [1.82, 2.24) is 0 Å². The van der Waals surface area contributed by atoms with E-state index in [0.29, 0.717) is 12.0 Å². The smallest absolute Gasteiger partial charge is 0.744 e. The zero-order valence-corrected chi connectivity index (χ0v) is 18.7. The number of hydrogen-bond acceptors (Lipinski definition) is 4. The minimum atomic E-state index is -4.35. The second kappa shape index (κ2) is 17.5. The van der Waals surface area contributed by atoms with Crippen molar-refractivity contribution in [3.63, 3.8) is 0 Å². The van der Waals surface area contributed by atoms with Gasteiger partial charge in [-0.25, -0.2) is 8.42 Å². The summed E-state index contributed by atoms with van der Waals surface area (Å²) in [7, 11) is -4.35. The topological polar surface area (TPSA) is 108 Å². The molecule has 5 nitrogen and oxygen atoms in total. The van der Waals surface area contributed by atoms with Crippen LogP contribution in [0.4, 0.5) is 0 Å². The first-order valence-corrected chi connectivity index (χ1v) is 10.3. The molecule has 1 rings (SSSR count). The van der Waals surface area contributed by atoms with Crippen LogP contribution in [0.2, 0.25) is 0 Å². The predicted molar refractivity (Wildman–Crippen MR) is 96.2 cm³/mol. The van der Waals surface area contributed by atoms with Crippen LogP contribution < -0.4 is 35.5 Å². The van der Waals surface area contributed by atoms with Crippen molar-refractivity contribution in [1.29, 1.82) is 0 Å². The van der Waals surface area contributed by atoms with Gasteiger partial charge in [0, 0.05) is 0 Å². The van der Waals surface area contributed by atoms with Gasteiger partial charge in [0.15, 0.2) is 0 Å². The van der Waals surface area contributed by atoms with Crippen LogP contribution in [0, 0.1) is 5.21 Å². The molecule has 3 N–H and O–H groups in total. The molecular formula is C18H32NNaO4S. The Morgan fingerprint density at radius 3 is 1.76 bits per heavy atom. The molecule has 0 heterocycles. The van der Waals surface area contributed by atoms with Crippen molar-refractivity contribution in [3.8, 4) is 0 Å². The third-order valence-electron chi connectivity index (χ3n) is 4.04. The first-order valence-electron chi connectivity index (χ1n) is 8.88. The minimum absolute atomic E-state index is 0. The molecule has 0 amide bonds. The Bertz CT molecular complexity index is 524. The van der Waals surface area contributed by atoms with Crippen LogP contribution >= 0.6 is 0 Å². The zero-order valence-electron chi connectivity index (χ0n) is 15.8. The molecule has 140 valence electrons. The fourth-order valence-corrected chi connectivity index (χ4v) is 3.49. The molecule has 0 unspecified atom stereocenters. The summed E-state index contributed by atoms with van der Waals surface area (Å²) in [5.74, 6) is 2.00. The van der Waals surface area contributed by atoms with E-state index in [1.807, 2.05) is 5.90 Å². The van der Waals surface area contributed by atoms with Gasteiger partial charge >= 0.3 is 29.6 Å². The van der Waals surface area contributed by atoms with Gasteiger partial charge in [0.2, 0.25) is 0 Å². The molecule has 0 aliphatic heterocycles. The molecule has 0 spiro atoms. The van der Waals surface area contributed by atoms with Crippen molar-refractivity contribution in [2.45, 2.75) is 82.4 Å². The fraction of sp³-hybridized carbons (Fsp3) is 0.667. The van der Waals surface area contributed by atoms with Gasteiger partial charge in [-0.2, -0.15) is 0 Å². The van der Waals surface area contributed by atoms with Crippen molar-refractivity contribution < 1.29 is 48.4 Å². The molecule has 0 aliphatic rings. The molecule has 7 heteroatoms. The molecular weight excluding hydrogens is 349 g/mol. The Hall–Kier alpha value is 0.0500. The van der Waals surface area contributed by atoms with Gasteiger partial charge in [-0.05, 0) is 24.5 Å². The number of quaternary nitrogens is 1. The van der Waals surface area contributed by atoms with E-state index in [4.69, 9.17) is 5.21 Å². The number of aryl methyl sites for hydroxylation is 1. The van der Waals surface area contributed by atoms with E-state index in [1.54, 1.807) is 18.2 Å². The van der Waals surface area contributed by atoms with Crippen LogP contribution in [0.15, 0.2) is 29.2 Å². The molecule has 1 aromatic carbocycles.